The number of ether oxygens (including phenoxy) is 1. The summed E-state index contributed by atoms with van der Waals surface area (Å²) in [6.07, 6.45) is 1.65. The summed E-state index contributed by atoms with van der Waals surface area (Å²) in [6, 6.07) is 6.00. The number of nitrogens with zero attached hydrogens (tertiary/aromatic N) is 4. The zero-order valence-corrected chi connectivity index (χ0v) is 17.5. The molecule has 1 aromatic carbocycles. The molecule has 162 valence electrons. The fraction of sp³-hybridized carbons (Fsp3) is 0.550. The number of likely N-dealkylation sites (tertiary alicyclic amines) is 1. The normalized spacial score (nSPS) is 17.5. The van der Waals surface area contributed by atoms with Crippen LogP contribution in [0.4, 0.5) is 10.5 Å². The van der Waals surface area contributed by atoms with Gasteiger partial charge in [-0.1, -0.05) is 0 Å². The molecule has 0 radical (unpaired) electrons. The average Bonchev–Trinajstić information content (AvgIpc) is 3.14. The molecule has 1 unspecified atom stereocenters. The number of carbonyl (C=O) groups excluding carboxylic acids is 1. The summed E-state index contributed by atoms with van der Waals surface area (Å²) in [5.41, 5.74) is 0.137. The number of hydrogen-bond acceptors (Lipinski definition) is 8. The molecule has 0 bridgehead atoms. The number of amides is 1. The van der Waals surface area contributed by atoms with Crippen LogP contribution in [0.5, 0.6) is 0 Å². The van der Waals surface area contributed by atoms with Crippen molar-refractivity contribution < 1.29 is 18.9 Å². The largest absolute Gasteiger partial charge is 0.444 e. The van der Waals surface area contributed by atoms with Gasteiger partial charge in [0.1, 0.15) is 5.60 Å². The number of nitro groups is 1. The molecule has 1 aromatic heterocycles. The van der Waals surface area contributed by atoms with Crippen molar-refractivity contribution in [2.75, 3.05) is 19.6 Å². The van der Waals surface area contributed by atoms with Crippen molar-refractivity contribution in [2.45, 2.75) is 45.8 Å². The zero-order valence-electron chi connectivity index (χ0n) is 17.5. The predicted molar refractivity (Wildman–Crippen MR) is 109 cm³/mol. The van der Waals surface area contributed by atoms with Crippen LogP contribution in [0.25, 0.3) is 11.5 Å². The third kappa shape index (κ3) is 6.24. The Morgan fingerprint density at radius 2 is 2.07 bits per heavy atom. The zero-order chi connectivity index (χ0) is 21.7. The van der Waals surface area contributed by atoms with E-state index in [9.17, 15) is 14.9 Å². The molecular weight excluding hydrogens is 390 g/mol. The molecular formula is C20H27N5O5. The molecule has 1 fully saturated rings. The van der Waals surface area contributed by atoms with Crippen LogP contribution in [0.15, 0.2) is 28.7 Å². The summed E-state index contributed by atoms with van der Waals surface area (Å²) in [5.74, 6) is 1.15. The third-order valence-corrected chi connectivity index (χ3v) is 4.69. The fourth-order valence-electron chi connectivity index (χ4n) is 3.35. The number of piperidine rings is 1. The van der Waals surface area contributed by atoms with Gasteiger partial charge in [-0.2, -0.15) is 0 Å². The first kappa shape index (κ1) is 21.7. The van der Waals surface area contributed by atoms with Crippen LogP contribution in [0.2, 0.25) is 0 Å². The number of nitrogens with one attached hydrogen (secondary N) is 1. The van der Waals surface area contributed by atoms with Crippen molar-refractivity contribution >= 4 is 11.8 Å². The molecule has 10 heteroatoms. The first-order valence-electron chi connectivity index (χ1n) is 9.96. The lowest BCUT2D eigenvalue weighted by Crippen LogP contribution is -2.41. The number of benzene rings is 1. The van der Waals surface area contributed by atoms with E-state index in [1.165, 1.54) is 12.1 Å². The highest BCUT2D eigenvalue weighted by atomic mass is 16.6. The summed E-state index contributed by atoms with van der Waals surface area (Å²) in [5, 5.41) is 21.8. The van der Waals surface area contributed by atoms with Crippen molar-refractivity contribution in [1.82, 2.24) is 20.4 Å². The van der Waals surface area contributed by atoms with Gasteiger partial charge >= 0.3 is 6.09 Å². The molecule has 2 aromatic rings. The highest BCUT2D eigenvalue weighted by Gasteiger charge is 2.23. The molecule has 0 spiro atoms. The maximum Gasteiger partial charge on any atom is 0.407 e. The highest BCUT2D eigenvalue weighted by Crippen LogP contribution is 2.23. The van der Waals surface area contributed by atoms with Gasteiger partial charge in [-0.25, -0.2) is 4.79 Å². The molecule has 2 heterocycles. The van der Waals surface area contributed by atoms with Gasteiger partial charge in [-0.05, 0) is 58.2 Å². The Bertz CT molecular complexity index is 874. The van der Waals surface area contributed by atoms with E-state index < -0.39 is 16.6 Å². The van der Waals surface area contributed by atoms with Crippen molar-refractivity contribution in [3.05, 3.63) is 40.3 Å². The van der Waals surface area contributed by atoms with Crippen LogP contribution < -0.4 is 5.32 Å². The lowest BCUT2D eigenvalue weighted by Gasteiger charge is -2.32. The van der Waals surface area contributed by atoms with E-state index in [0.717, 1.165) is 25.9 Å². The van der Waals surface area contributed by atoms with Crippen LogP contribution in [-0.2, 0) is 11.3 Å². The fourth-order valence-corrected chi connectivity index (χ4v) is 3.35. The summed E-state index contributed by atoms with van der Waals surface area (Å²) < 4.78 is 11.0. The maximum atomic E-state index is 11.9. The van der Waals surface area contributed by atoms with Crippen LogP contribution >= 0.6 is 0 Å². The monoisotopic (exact) mass is 417 g/mol. The lowest BCUT2D eigenvalue weighted by molar-refractivity contribution is -0.384. The predicted octanol–water partition coefficient (Wildman–Crippen LogP) is 3.38. The summed E-state index contributed by atoms with van der Waals surface area (Å²) in [7, 11) is 0. The molecule has 1 atom stereocenters. The topological polar surface area (TPSA) is 124 Å². The SMILES string of the molecule is CC(C)(C)OC(=O)NCC1CCCN(Cc2nnc(-c3ccc([N+](=O)[O-])cc3)o2)C1. The molecule has 1 aliphatic heterocycles. The second kappa shape index (κ2) is 9.21. The van der Waals surface area contributed by atoms with Gasteiger partial charge in [0.2, 0.25) is 11.8 Å². The number of carbonyl (C=O) groups is 1. The molecule has 1 saturated heterocycles. The number of non-ortho nitro benzene ring substituents is 1. The molecule has 0 saturated carbocycles. The Morgan fingerprint density at radius 1 is 1.33 bits per heavy atom. The van der Waals surface area contributed by atoms with Gasteiger partial charge in [0, 0.05) is 30.8 Å². The van der Waals surface area contributed by atoms with Crippen molar-refractivity contribution in [3.63, 3.8) is 0 Å². The van der Waals surface area contributed by atoms with E-state index in [2.05, 4.69) is 20.4 Å². The van der Waals surface area contributed by atoms with Gasteiger partial charge < -0.3 is 14.5 Å². The van der Waals surface area contributed by atoms with E-state index >= 15 is 0 Å². The molecule has 30 heavy (non-hydrogen) atoms. The van der Waals surface area contributed by atoms with Crippen LogP contribution in [0.1, 0.15) is 39.5 Å². The first-order valence-corrected chi connectivity index (χ1v) is 9.96. The molecule has 10 nitrogen and oxygen atoms in total. The minimum absolute atomic E-state index is 0.0119. The van der Waals surface area contributed by atoms with Crippen LogP contribution in [0.3, 0.4) is 0 Å². The molecule has 1 amide bonds. The van der Waals surface area contributed by atoms with Gasteiger partial charge in [-0.15, -0.1) is 10.2 Å². The van der Waals surface area contributed by atoms with E-state index in [1.54, 1.807) is 12.1 Å². The quantitative estimate of drug-likeness (QED) is 0.560. The Kier molecular flexibility index (Phi) is 6.66. The van der Waals surface area contributed by atoms with E-state index in [4.69, 9.17) is 9.15 Å². The van der Waals surface area contributed by atoms with Gasteiger partial charge in [0.15, 0.2) is 0 Å². The maximum absolute atomic E-state index is 11.9. The Hall–Kier alpha value is -3.01. The number of nitro benzene ring substituents is 1. The van der Waals surface area contributed by atoms with Crippen molar-refractivity contribution in [3.8, 4) is 11.5 Å². The number of rotatable bonds is 6. The molecule has 1 N–H and O–H groups in total. The smallest absolute Gasteiger partial charge is 0.407 e. The minimum Gasteiger partial charge on any atom is -0.444 e. The standard InChI is InChI=1S/C20H27N5O5/c1-20(2,3)30-19(26)21-11-14-5-4-10-24(12-14)13-17-22-23-18(29-17)15-6-8-16(9-7-15)25(27)28/h6-9,14H,4-5,10-13H2,1-3H3,(H,21,26). The number of hydrogen-bond donors (Lipinski definition) is 1. The summed E-state index contributed by atoms with van der Waals surface area (Å²) in [6.45, 7) is 8.31. The van der Waals surface area contributed by atoms with Crippen LogP contribution in [0, 0.1) is 16.0 Å². The highest BCUT2D eigenvalue weighted by molar-refractivity contribution is 5.67. The van der Waals surface area contributed by atoms with E-state index in [0.29, 0.717) is 36.4 Å². The van der Waals surface area contributed by atoms with Crippen molar-refractivity contribution in [1.29, 1.82) is 0 Å². The summed E-state index contributed by atoms with van der Waals surface area (Å²) in [4.78, 5) is 24.4. The Labute approximate surface area is 174 Å². The lowest BCUT2D eigenvalue weighted by atomic mass is 9.98. The Balaban J connectivity index is 1.51. The number of aromatic nitrogens is 2. The van der Waals surface area contributed by atoms with E-state index in [-0.39, 0.29) is 5.69 Å². The van der Waals surface area contributed by atoms with Crippen LogP contribution in [-0.4, -0.2) is 51.3 Å². The first-order chi connectivity index (χ1) is 14.2. The second-order valence-electron chi connectivity index (χ2n) is 8.43. The van der Waals surface area contributed by atoms with Crippen molar-refractivity contribution in [2.24, 2.45) is 5.92 Å². The van der Waals surface area contributed by atoms with Gasteiger partial charge in [0.05, 0.1) is 11.5 Å². The molecule has 0 aliphatic carbocycles. The molecule has 1 aliphatic rings. The minimum atomic E-state index is -0.512. The Morgan fingerprint density at radius 3 is 2.73 bits per heavy atom. The van der Waals surface area contributed by atoms with Gasteiger partial charge in [0.25, 0.3) is 5.69 Å². The number of alkyl carbamates (subject to hydrolysis) is 1. The summed E-state index contributed by atoms with van der Waals surface area (Å²) >= 11 is 0. The third-order valence-electron chi connectivity index (χ3n) is 4.69. The second-order valence-corrected chi connectivity index (χ2v) is 8.43. The van der Waals surface area contributed by atoms with E-state index in [1.807, 2.05) is 20.8 Å². The van der Waals surface area contributed by atoms with Gasteiger partial charge in [-0.3, -0.25) is 15.0 Å². The molecule has 3 rings (SSSR count). The average molecular weight is 417 g/mol.